The van der Waals surface area contributed by atoms with Gasteiger partial charge < -0.3 is 5.32 Å². The Kier molecular flexibility index (Phi) is 2.59. The number of aryl methyl sites for hydroxylation is 1. The lowest BCUT2D eigenvalue weighted by Crippen LogP contribution is -2.09. The Morgan fingerprint density at radius 3 is 2.89 bits per heavy atom. The number of anilines is 1. The molecular formula is C15H13FN2. The number of rotatable bonds is 1. The zero-order valence-electron chi connectivity index (χ0n) is 10.1. The van der Waals surface area contributed by atoms with E-state index in [0.29, 0.717) is 6.54 Å². The van der Waals surface area contributed by atoms with Gasteiger partial charge in [0.15, 0.2) is 0 Å². The van der Waals surface area contributed by atoms with Crippen LogP contribution in [0, 0.1) is 12.7 Å². The van der Waals surface area contributed by atoms with Gasteiger partial charge in [-0.15, -0.1) is 0 Å². The van der Waals surface area contributed by atoms with Crippen LogP contribution in [-0.2, 0) is 0 Å². The molecule has 1 aromatic carbocycles. The highest BCUT2D eigenvalue weighted by molar-refractivity contribution is 5.88. The molecule has 0 fully saturated rings. The summed E-state index contributed by atoms with van der Waals surface area (Å²) in [6.45, 7) is 2.67. The van der Waals surface area contributed by atoms with Crippen LogP contribution < -0.4 is 5.32 Å². The molecule has 0 unspecified atom stereocenters. The van der Waals surface area contributed by atoms with E-state index in [0.717, 1.165) is 28.1 Å². The zero-order chi connectivity index (χ0) is 12.5. The molecule has 0 saturated carbocycles. The Labute approximate surface area is 105 Å². The number of fused-ring (bicyclic) bond motifs is 1. The quantitative estimate of drug-likeness (QED) is 0.826. The van der Waals surface area contributed by atoms with Crippen LogP contribution in [0.1, 0.15) is 16.8 Å². The summed E-state index contributed by atoms with van der Waals surface area (Å²) in [5.41, 5.74) is 5.03. The highest BCUT2D eigenvalue weighted by atomic mass is 19.1. The first-order valence-electron chi connectivity index (χ1n) is 5.91. The van der Waals surface area contributed by atoms with Crippen LogP contribution in [0.3, 0.4) is 0 Å². The maximum absolute atomic E-state index is 13.2. The van der Waals surface area contributed by atoms with Gasteiger partial charge in [0.2, 0.25) is 0 Å². The zero-order valence-corrected chi connectivity index (χ0v) is 10.1. The van der Waals surface area contributed by atoms with E-state index in [9.17, 15) is 4.39 Å². The number of hydrogen-bond donors (Lipinski definition) is 1. The Hall–Kier alpha value is -2.16. The van der Waals surface area contributed by atoms with E-state index >= 15 is 0 Å². The molecule has 3 heteroatoms. The highest BCUT2D eigenvalue weighted by Gasteiger charge is 2.14. The third kappa shape index (κ3) is 1.88. The van der Waals surface area contributed by atoms with Gasteiger partial charge in [0, 0.05) is 35.2 Å². The summed E-state index contributed by atoms with van der Waals surface area (Å²) in [5.74, 6) is -0.218. The molecule has 1 aliphatic heterocycles. The smallest absolute Gasteiger partial charge is 0.125 e. The average Bonchev–Trinajstić information content (AvgIpc) is 2.38. The molecule has 0 atom stereocenters. The van der Waals surface area contributed by atoms with Crippen LogP contribution >= 0.6 is 0 Å². The molecule has 1 N–H and O–H groups in total. The monoisotopic (exact) mass is 240 g/mol. The van der Waals surface area contributed by atoms with Gasteiger partial charge >= 0.3 is 0 Å². The van der Waals surface area contributed by atoms with E-state index in [-0.39, 0.29) is 5.82 Å². The number of halogens is 1. The molecule has 3 rings (SSSR count). The standard InChI is InChI=1S/C15H13FN2/c1-10-2-3-11(9-18-10)13-6-7-17-15-8-12(16)4-5-14(13)15/h2-6,8-9,17H,7H2,1H3. The van der Waals surface area contributed by atoms with Crippen molar-refractivity contribution < 1.29 is 4.39 Å². The van der Waals surface area contributed by atoms with Crippen molar-refractivity contribution in [1.82, 2.24) is 4.98 Å². The minimum Gasteiger partial charge on any atom is -0.381 e. The van der Waals surface area contributed by atoms with Gasteiger partial charge in [-0.1, -0.05) is 12.1 Å². The van der Waals surface area contributed by atoms with Crippen LogP contribution in [0.2, 0.25) is 0 Å². The molecule has 2 heterocycles. The minimum absolute atomic E-state index is 0.218. The predicted molar refractivity (Wildman–Crippen MR) is 70.9 cm³/mol. The minimum atomic E-state index is -0.218. The largest absolute Gasteiger partial charge is 0.381 e. The number of hydrogen-bond acceptors (Lipinski definition) is 2. The number of pyridine rings is 1. The molecule has 0 saturated heterocycles. The molecule has 18 heavy (non-hydrogen) atoms. The molecule has 0 radical (unpaired) electrons. The maximum atomic E-state index is 13.2. The van der Waals surface area contributed by atoms with E-state index in [2.05, 4.69) is 16.4 Å². The molecule has 0 spiro atoms. The van der Waals surface area contributed by atoms with E-state index in [4.69, 9.17) is 0 Å². The van der Waals surface area contributed by atoms with Gasteiger partial charge in [-0.2, -0.15) is 0 Å². The first-order valence-corrected chi connectivity index (χ1v) is 5.91. The van der Waals surface area contributed by atoms with Gasteiger partial charge in [0.1, 0.15) is 5.82 Å². The SMILES string of the molecule is Cc1ccc(C2=CCNc3cc(F)ccc32)cn1. The van der Waals surface area contributed by atoms with Crippen molar-refractivity contribution in [3.63, 3.8) is 0 Å². The normalized spacial score (nSPS) is 13.6. The fourth-order valence-electron chi connectivity index (χ4n) is 2.17. The van der Waals surface area contributed by atoms with Crippen LogP contribution in [0.5, 0.6) is 0 Å². The summed E-state index contributed by atoms with van der Waals surface area (Å²) >= 11 is 0. The fraction of sp³-hybridized carbons (Fsp3) is 0.133. The second-order valence-electron chi connectivity index (χ2n) is 4.38. The van der Waals surface area contributed by atoms with Crippen molar-refractivity contribution >= 4 is 11.3 Å². The van der Waals surface area contributed by atoms with Crippen molar-refractivity contribution in [3.8, 4) is 0 Å². The topological polar surface area (TPSA) is 24.9 Å². The Morgan fingerprint density at radius 2 is 2.11 bits per heavy atom. The summed E-state index contributed by atoms with van der Waals surface area (Å²) in [5, 5.41) is 3.18. The van der Waals surface area contributed by atoms with Crippen molar-refractivity contribution in [1.29, 1.82) is 0 Å². The maximum Gasteiger partial charge on any atom is 0.125 e. The summed E-state index contributed by atoms with van der Waals surface area (Å²) in [6.07, 6.45) is 3.96. The number of aromatic nitrogens is 1. The fourth-order valence-corrected chi connectivity index (χ4v) is 2.17. The first-order chi connectivity index (χ1) is 8.74. The lowest BCUT2D eigenvalue weighted by Gasteiger charge is -2.19. The Balaban J connectivity index is 2.09. The molecule has 1 aliphatic rings. The predicted octanol–water partition coefficient (Wildman–Crippen LogP) is 3.39. The van der Waals surface area contributed by atoms with Gasteiger partial charge in [-0.3, -0.25) is 4.98 Å². The molecule has 90 valence electrons. The second kappa shape index (κ2) is 4.26. The Bertz CT molecular complexity index is 615. The summed E-state index contributed by atoms with van der Waals surface area (Å²) in [6, 6.07) is 8.86. The highest BCUT2D eigenvalue weighted by Crippen LogP contribution is 2.32. The van der Waals surface area contributed by atoms with Crippen molar-refractivity contribution in [2.24, 2.45) is 0 Å². The molecule has 1 aromatic heterocycles. The molecule has 0 amide bonds. The molecule has 2 aromatic rings. The van der Waals surface area contributed by atoms with Crippen LogP contribution in [0.4, 0.5) is 10.1 Å². The van der Waals surface area contributed by atoms with Gasteiger partial charge in [0.25, 0.3) is 0 Å². The summed E-state index contributed by atoms with van der Waals surface area (Å²) in [4.78, 5) is 4.31. The van der Waals surface area contributed by atoms with Crippen LogP contribution in [0.25, 0.3) is 5.57 Å². The number of benzene rings is 1. The number of nitrogens with one attached hydrogen (secondary N) is 1. The molecule has 0 aliphatic carbocycles. The van der Waals surface area contributed by atoms with E-state index in [1.54, 1.807) is 0 Å². The van der Waals surface area contributed by atoms with Gasteiger partial charge in [0.05, 0.1) is 0 Å². The molecular weight excluding hydrogens is 227 g/mol. The third-order valence-electron chi connectivity index (χ3n) is 3.09. The lowest BCUT2D eigenvalue weighted by atomic mass is 9.95. The van der Waals surface area contributed by atoms with Crippen molar-refractivity contribution in [2.45, 2.75) is 6.92 Å². The van der Waals surface area contributed by atoms with Crippen LogP contribution in [-0.4, -0.2) is 11.5 Å². The summed E-state index contributed by atoms with van der Waals surface area (Å²) in [7, 11) is 0. The van der Waals surface area contributed by atoms with Gasteiger partial charge in [-0.05, 0) is 36.8 Å². The van der Waals surface area contributed by atoms with Crippen LogP contribution in [0.15, 0.2) is 42.6 Å². The van der Waals surface area contributed by atoms with E-state index in [1.807, 2.05) is 31.3 Å². The molecule has 2 nitrogen and oxygen atoms in total. The Morgan fingerprint density at radius 1 is 1.22 bits per heavy atom. The number of nitrogens with zero attached hydrogens (tertiary/aromatic N) is 1. The molecule has 0 bridgehead atoms. The van der Waals surface area contributed by atoms with E-state index < -0.39 is 0 Å². The van der Waals surface area contributed by atoms with Gasteiger partial charge in [-0.25, -0.2) is 4.39 Å². The first kappa shape index (κ1) is 11.0. The lowest BCUT2D eigenvalue weighted by molar-refractivity contribution is 0.628. The van der Waals surface area contributed by atoms with Crippen molar-refractivity contribution in [3.05, 3.63) is 65.2 Å². The summed E-state index contributed by atoms with van der Waals surface area (Å²) < 4.78 is 13.2. The average molecular weight is 240 g/mol. The van der Waals surface area contributed by atoms with Crippen molar-refractivity contribution in [2.75, 3.05) is 11.9 Å². The second-order valence-corrected chi connectivity index (χ2v) is 4.38. The third-order valence-corrected chi connectivity index (χ3v) is 3.09. The van der Waals surface area contributed by atoms with E-state index in [1.165, 1.54) is 12.1 Å².